The van der Waals surface area contributed by atoms with Gasteiger partial charge in [-0.25, -0.2) is 4.98 Å². The number of nitrogens with zero attached hydrogens (tertiary/aromatic N) is 3. The second kappa shape index (κ2) is 6.32. The van der Waals surface area contributed by atoms with Crippen LogP contribution in [0.3, 0.4) is 0 Å². The Morgan fingerprint density at radius 3 is 2.62 bits per heavy atom. The lowest BCUT2D eigenvalue weighted by molar-refractivity contribution is 0.315. The van der Waals surface area contributed by atoms with Gasteiger partial charge in [-0.2, -0.15) is 0 Å². The van der Waals surface area contributed by atoms with Crippen LogP contribution in [0.4, 0.5) is 5.82 Å². The maximum absolute atomic E-state index is 4.73. The molecule has 4 heteroatoms. The van der Waals surface area contributed by atoms with Gasteiger partial charge < -0.3 is 15.1 Å². The summed E-state index contributed by atoms with van der Waals surface area (Å²) in [5.74, 6) is 1.13. The standard InChI is InChI=1S/C17H30N4/c1-13-9-14(11-18-17(2,3)4)10-16(19-13)21-8-7-15(12-21)20(5)6/h9-10,15,18H,7-8,11-12H2,1-6H3. The van der Waals surface area contributed by atoms with Gasteiger partial charge in [-0.3, -0.25) is 0 Å². The van der Waals surface area contributed by atoms with Gasteiger partial charge >= 0.3 is 0 Å². The molecule has 1 aliphatic rings. The third-order valence-corrected chi connectivity index (χ3v) is 4.04. The van der Waals surface area contributed by atoms with E-state index >= 15 is 0 Å². The van der Waals surface area contributed by atoms with Crippen molar-refractivity contribution in [3.8, 4) is 0 Å². The number of pyridine rings is 1. The SMILES string of the molecule is Cc1cc(CNC(C)(C)C)cc(N2CCC(N(C)C)C2)n1. The zero-order valence-electron chi connectivity index (χ0n) is 14.4. The molecule has 0 radical (unpaired) electrons. The summed E-state index contributed by atoms with van der Waals surface area (Å²) < 4.78 is 0. The average molecular weight is 290 g/mol. The summed E-state index contributed by atoms with van der Waals surface area (Å²) in [5.41, 5.74) is 2.56. The zero-order valence-corrected chi connectivity index (χ0v) is 14.4. The van der Waals surface area contributed by atoms with Crippen molar-refractivity contribution in [1.29, 1.82) is 0 Å². The van der Waals surface area contributed by atoms with Gasteiger partial charge in [-0.1, -0.05) is 0 Å². The lowest BCUT2D eigenvalue weighted by Gasteiger charge is -2.23. The van der Waals surface area contributed by atoms with Crippen LogP contribution in [0.15, 0.2) is 12.1 Å². The number of nitrogens with one attached hydrogen (secondary N) is 1. The summed E-state index contributed by atoms with van der Waals surface area (Å²) in [6, 6.07) is 5.06. The topological polar surface area (TPSA) is 31.4 Å². The summed E-state index contributed by atoms with van der Waals surface area (Å²) in [6.45, 7) is 11.8. The highest BCUT2D eigenvalue weighted by atomic mass is 15.3. The van der Waals surface area contributed by atoms with Crippen molar-refractivity contribution in [2.75, 3.05) is 32.1 Å². The summed E-state index contributed by atoms with van der Waals surface area (Å²) in [5, 5.41) is 3.56. The first-order chi connectivity index (χ1) is 9.74. The molecule has 2 heterocycles. The maximum atomic E-state index is 4.73. The van der Waals surface area contributed by atoms with Gasteiger partial charge in [0.1, 0.15) is 5.82 Å². The van der Waals surface area contributed by atoms with E-state index in [1.807, 2.05) is 0 Å². The van der Waals surface area contributed by atoms with Gasteiger partial charge in [0.05, 0.1) is 0 Å². The fraction of sp³-hybridized carbons (Fsp3) is 0.706. The Hall–Kier alpha value is -1.13. The molecule has 1 unspecified atom stereocenters. The van der Waals surface area contributed by atoms with Gasteiger partial charge in [0.25, 0.3) is 0 Å². The smallest absolute Gasteiger partial charge is 0.129 e. The second-order valence-electron chi connectivity index (χ2n) is 7.43. The molecule has 1 fully saturated rings. The molecule has 1 saturated heterocycles. The molecular formula is C17H30N4. The summed E-state index contributed by atoms with van der Waals surface area (Å²) >= 11 is 0. The van der Waals surface area contributed by atoms with E-state index in [9.17, 15) is 0 Å². The molecular weight excluding hydrogens is 260 g/mol. The normalized spacial score (nSPS) is 19.6. The fourth-order valence-electron chi connectivity index (χ4n) is 2.72. The lowest BCUT2D eigenvalue weighted by atomic mass is 10.1. The highest BCUT2D eigenvalue weighted by molar-refractivity contribution is 5.44. The van der Waals surface area contributed by atoms with Gasteiger partial charge in [0.15, 0.2) is 0 Å². The van der Waals surface area contributed by atoms with Crippen molar-refractivity contribution >= 4 is 5.82 Å². The molecule has 0 spiro atoms. The van der Waals surface area contributed by atoms with Gasteiger partial charge in [0.2, 0.25) is 0 Å². The Kier molecular flexibility index (Phi) is 4.89. The Morgan fingerprint density at radius 1 is 1.33 bits per heavy atom. The first kappa shape index (κ1) is 16.2. The van der Waals surface area contributed by atoms with Gasteiger partial charge in [0, 0.05) is 36.9 Å². The molecule has 0 bridgehead atoms. The predicted molar refractivity (Wildman–Crippen MR) is 89.9 cm³/mol. The molecule has 2 rings (SSSR count). The monoisotopic (exact) mass is 290 g/mol. The van der Waals surface area contributed by atoms with E-state index in [1.54, 1.807) is 0 Å². The van der Waals surface area contributed by atoms with Crippen LogP contribution in [-0.4, -0.2) is 48.6 Å². The first-order valence-electron chi connectivity index (χ1n) is 7.88. The minimum Gasteiger partial charge on any atom is -0.355 e. The van der Waals surface area contributed by atoms with Crippen LogP contribution in [0, 0.1) is 6.92 Å². The van der Waals surface area contributed by atoms with Crippen LogP contribution >= 0.6 is 0 Å². The van der Waals surface area contributed by atoms with E-state index in [2.05, 4.69) is 69.0 Å². The molecule has 0 amide bonds. The zero-order chi connectivity index (χ0) is 15.6. The Balaban J connectivity index is 2.09. The van der Waals surface area contributed by atoms with Crippen LogP contribution in [0.25, 0.3) is 0 Å². The van der Waals surface area contributed by atoms with E-state index in [-0.39, 0.29) is 5.54 Å². The van der Waals surface area contributed by atoms with E-state index in [0.29, 0.717) is 6.04 Å². The quantitative estimate of drug-likeness (QED) is 0.923. The Labute approximate surface area is 129 Å². The minimum absolute atomic E-state index is 0.140. The summed E-state index contributed by atoms with van der Waals surface area (Å²) in [6.07, 6.45) is 1.22. The van der Waals surface area contributed by atoms with Crippen molar-refractivity contribution < 1.29 is 0 Å². The van der Waals surface area contributed by atoms with E-state index < -0.39 is 0 Å². The molecule has 0 aromatic carbocycles. The van der Waals surface area contributed by atoms with E-state index in [0.717, 1.165) is 31.1 Å². The van der Waals surface area contributed by atoms with Crippen molar-refractivity contribution in [3.05, 3.63) is 23.4 Å². The molecule has 1 N–H and O–H groups in total. The Morgan fingerprint density at radius 2 is 2.05 bits per heavy atom. The average Bonchev–Trinajstić information content (AvgIpc) is 2.84. The number of aromatic nitrogens is 1. The molecule has 1 aromatic rings. The van der Waals surface area contributed by atoms with E-state index in [4.69, 9.17) is 4.98 Å². The van der Waals surface area contributed by atoms with E-state index in [1.165, 1.54) is 12.0 Å². The molecule has 21 heavy (non-hydrogen) atoms. The maximum Gasteiger partial charge on any atom is 0.129 e. The largest absolute Gasteiger partial charge is 0.355 e. The second-order valence-corrected chi connectivity index (χ2v) is 7.43. The molecule has 1 aliphatic heterocycles. The molecule has 1 atom stereocenters. The molecule has 1 aromatic heterocycles. The number of likely N-dealkylation sites (N-methyl/N-ethyl adjacent to an activating group) is 1. The summed E-state index contributed by atoms with van der Waals surface area (Å²) in [4.78, 5) is 9.47. The molecule has 0 saturated carbocycles. The number of rotatable bonds is 4. The number of hydrogen-bond donors (Lipinski definition) is 1. The van der Waals surface area contributed by atoms with Crippen molar-refractivity contribution in [2.24, 2.45) is 0 Å². The van der Waals surface area contributed by atoms with Crippen LogP contribution in [0.2, 0.25) is 0 Å². The minimum atomic E-state index is 0.140. The lowest BCUT2D eigenvalue weighted by Crippen LogP contribution is -2.35. The van der Waals surface area contributed by atoms with Crippen LogP contribution < -0.4 is 10.2 Å². The van der Waals surface area contributed by atoms with Crippen molar-refractivity contribution in [3.63, 3.8) is 0 Å². The predicted octanol–water partition coefficient (Wildman–Crippen LogP) is 2.42. The van der Waals surface area contributed by atoms with Crippen LogP contribution in [0.5, 0.6) is 0 Å². The highest BCUT2D eigenvalue weighted by Gasteiger charge is 2.25. The first-order valence-corrected chi connectivity index (χ1v) is 7.88. The third kappa shape index (κ3) is 4.68. The molecule has 0 aliphatic carbocycles. The van der Waals surface area contributed by atoms with Crippen LogP contribution in [0.1, 0.15) is 38.4 Å². The Bertz CT molecular complexity index is 476. The highest BCUT2D eigenvalue weighted by Crippen LogP contribution is 2.22. The van der Waals surface area contributed by atoms with Crippen molar-refractivity contribution in [2.45, 2.75) is 52.2 Å². The summed E-state index contributed by atoms with van der Waals surface area (Å²) in [7, 11) is 4.33. The fourth-order valence-corrected chi connectivity index (χ4v) is 2.72. The molecule has 118 valence electrons. The third-order valence-electron chi connectivity index (χ3n) is 4.04. The number of aryl methyl sites for hydroxylation is 1. The van der Waals surface area contributed by atoms with Crippen molar-refractivity contribution in [1.82, 2.24) is 15.2 Å². The van der Waals surface area contributed by atoms with Gasteiger partial charge in [-0.15, -0.1) is 0 Å². The number of anilines is 1. The molecule has 4 nitrogen and oxygen atoms in total. The number of hydrogen-bond acceptors (Lipinski definition) is 4. The van der Waals surface area contributed by atoms with Gasteiger partial charge in [-0.05, 0) is 65.9 Å². The van der Waals surface area contributed by atoms with Crippen LogP contribution in [-0.2, 0) is 6.54 Å².